The monoisotopic (exact) mass is 424 g/mol. The molecule has 0 fully saturated rings. The zero-order valence-corrected chi connectivity index (χ0v) is 17.2. The molecule has 0 aliphatic carbocycles. The van der Waals surface area contributed by atoms with Crippen LogP contribution < -0.4 is 10.9 Å². The third-order valence-corrected chi connectivity index (χ3v) is 4.84. The number of para-hydroxylation sites is 4. The van der Waals surface area contributed by atoms with Gasteiger partial charge in [-0.2, -0.15) is 10.2 Å². The smallest absolute Gasteiger partial charge is 0.222 e. The Morgan fingerprint density at radius 1 is 0.781 bits per heavy atom. The van der Waals surface area contributed by atoms with Gasteiger partial charge in [-0.3, -0.25) is 0 Å². The lowest BCUT2D eigenvalue weighted by Gasteiger charge is -2.05. The summed E-state index contributed by atoms with van der Waals surface area (Å²) in [7, 11) is 0. The Kier molecular flexibility index (Phi) is 4.97. The van der Waals surface area contributed by atoms with Gasteiger partial charge in [-0.05, 0) is 48.9 Å². The van der Waals surface area contributed by atoms with Crippen LogP contribution in [0.15, 0.2) is 70.9 Å². The molecule has 0 aliphatic heterocycles. The van der Waals surface area contributed by atoms with Crippen LogP contribution in [0.5, 0.6) is 5.75 Å². The molecule has 3 aromatic carbocycles. The fraction of sp³-hybridized carbons (Fsp3) is 0.0435. The minimum absolute atomic E-state index is 0.0703. The van der Waals surface area contributed by atoms with Crippen molar-refractivity contribution in [3.63, 3.8) is 0 Å². The number of anilines is 2. The summed E-state index contributed by atoms with van der Waals surface area (Å²) in [5.41, 5.74) is 11.3. The van der Waals surface area contributed by atoms with Crippen LogP contribution in [0.25, 0.3) is 22.1 Å². The van der Waals surface area contributed by atoms with E-state index in [9.17, 15) is 5.11 Å². The molecule has 5 rings (SSSR count). The van der Waals surface area contributed by atoms with Crippen molar-refractivity contribution in [2.45, 2.75) is 6.92 Å². The molecule has 9 heteroatoms. The molecule has 5 N–H and O–H groups in total. The predicted molar refractivity (Wildman–Crippen MR) is 127 cm³/mol. The molecule has 2 aromatic heterocycles. The lowest BCUT2D eigenvalue weighted by atomic mass is 10.1. The molecule has 0 saturated carbocycles. The Balaban J connectivity index is 1.31. The van der Waals surface area contributed by atoms with E-state index in [0.717, 1.165) is 27.6 Å². The van der Waals surface area contributed by atoms with E-state index in [-0.39, 0.29) is 5.75 Å². The first-order chi connectivity index (χ1) is 15.7. The third kappa shape index (κ3) is 3.99. The summed E-state index contributed by atoms with van der Waals surface area (Å²) in [4.78, 5) is 15.1. The Labute approximate surface area is 182 Å². The average Bonchev–Trinajstić information content (AvgIpc) is 3.39. The van der Waals surface area contributed by atoms with Gasteiger partial charge >= 0.3 is 0 Å². The number of H-pyrrole nitrogens is 2. The molecule has 0 saturated heterocycles. The Hall–Kier alpha value is -4.66. The van der Waals surface area contributed by atoms with Crippen molar-refractivity contribution in [3.8, 4) is 5.75 Å². The van der Waals surface area contributed by atoms with Gasteiger partial charge in [0.15, 0.2) is 0 Å². The Morgan fingerprint density at radius 3 is 1.72 bits per heavy atom. The topological polar surface area (TPSA) is 126 Å². The number of aromatic nitrogens is 4. The maximum absolute atomic E-state index is 10.7. The first-order valence-electron chi connectivity index (χ1n) is 9.97. The van der Waals surface area contributed by atoms with Crippen molar-refractivity contribution in [2.24, 2.45) is 10.2 Å². The number of phenols is 1. The molecular weight excluding hydrogens is 404 g/mol. The first-order valence-corrected chi connectivity index (χ1v) is 9.97. The number of benzene rings is 3. The Morgan fingerprint density at radius 2 is 1.25 bits per heavy atom. The highest BCUT2D eigenvalue weighted by Gasteiger charge is 2.07. The second kappa shape index (κ2) is 8.23. The van der Waals surface area contributed by atoms with Gasteiger partial charge in [0, 0.05) is 11.1 Å². The second-order valence-electron chi connectivity index (χ2n) is 7.24. The highest BCUT2D eigenvalue weighted by molar-refractivity contribution is 5.92. The van der Waals surface area contributed by atoms with Gasteiger partial charge in [-0.25, -0.2) is 20.8 Å². The number of hydrogen-bond acceptors (Lipinski definition) is 7. The van der Waals surface area contributed by atoms with Crippen molar-refractivity contribution in [1.82, 2.24) is 19.9 Å². The number of nitrogens with zero attached hydrogens (tertiary/aromatic N) is 4. The van der Waals surface area contributed by atoms with Gasteiger partial charge in [0.1, 0.15) is 5.75 Å². The van der Waals surface area contributed by atoms with E-state index >= 15 is 0 Å². The van der Waals surface area contributed by atoms with Crippen molar-refractivity contribution < 1.29 is 5.11 Å². The van der Waals surface area contributed by atoms with Crippen LogP contribution in [0.4, 0.5) is 11.9 Å². The van der Waals surface area contributed by atoms with Gasteiger partial charge in [0.2, 0.25) is 11.9 Å². The van der Waals surface area contributed by atoms with Crippen molar-refractivity contribution in [2.75, 3.05) is 10.9 Å². The molecular formula is C23H20N8O. The number of hydrogen-bond donors (Lipinski definition) is 5. The summed E-state index contributed by atoms with van der Waals surface area (Å²) in [5.74, 6) is 1.11. The predicted octanol–water partition coefficient (Wildman–Crippen LogP) is 4.35. The molecule has 158 valence electrons. The molecule has 32 heavy (non-hydrogen) atoms. The highest BCUT2D eigenvalue weighted by Crippen LogP contribution is 2.22. The summed E-state index contributed by atoms with van der Waals surface area (Å²) in [6.07, 6.45) is 3.08. The zero-order chi connectivity index (χ0) is 21.9. The summed E-state index contributed by atoms with van der Waals surface area (Å²) in [5, 5.41) is 19.0. The fourth-order valence-corrected chi connectivity index (χ4v) is 3.37. The summed E-state index contributed by atoms with van der Waals surface area (Å²) >= 11 is 0. The molecule has 0 spiro atoms. The Bertz CT molecular complexity index is 1290. The maximum atomic E-state index is 10.7. The van der Waals surface area contributed by atoms with Gasteiger partial charge in [-0.1, -0.05) is 24.3 Å². The largest absolute Gasteiger partial charge is 0.507 e. The summed E-state index contributed by atoms with van der Waals surface area (Å²) < 4.78 is 0. The minimum atomic E-state index is 0.0703. The molecule has 9 nitrogen and oxygen atoms in total. The molecule has 0 amide bonds. The number of phenolic OH excluding ortho intramolecular Hbond substituents is 1. The van der Waals surface area contributed by atoms with Crippen molar-refractivity contribution in [3.05, 3.63) is 77.4 Å². The molecule has 2 heterocycles. The van der Waals surface area contributed by atoms with E-state index in [2.05, 4.69) is 41.0 Å². The second-order valence-corrected chi connectivity index (χ2v) is 7.24. The quantitative estimate of drug-likeness (QED) is 0.205. The summed E-state index contributed by atoms with van der Waals surface area (Å²) in [6.45, 7) is 1.94. The van der Waals surface area contributed by atoms with Crippen LogP contribution in [-0.4, -0.2) is 37.5 Å². The molecule has 0 unspecified atom stereocenters. The SMILES string of the molecule is Cc1cc(/C=N/Nc2nc3ccccc3[nH]2)c(O)c(/C=N/Nc2nc3ccccc3[nH]2)c1. The van der Waals surface area contributed by atoms with Crippen LogP contribution in [-0.2, 0) is 0 Å². The molecule has 5 aromatic rings. The summed E-state index contributed by atoms with van der Waals surface area (Å²) in [6, 6.07) is 19.1. The van der Waals surface area contributed by atoms with Gasteiger partial charge < -0.3 is 15.1 Å². The fourth-order valence-electron chi connectivity index (χ4n) is 3.37. The van der Waals surface area contributed by atoms with Crippen LogP contribution in [0, 0.1) is 6.92 Å². The first kappa shape index (κ1) is 19.3. The number of nitrogens with one attached hydrogen (secondary N) is 4. The zero-order valence-electron chi connectivity index (χ0n) is 17.2. The van der Waals surface area contributed by atoms with Crippen LogP contribution in [0.3, 0.4) is 0 Å². The van der Waals surface area contributed by atoms with Crippen LogP contribution >= 0.6 is 0 Å². The number of aryl methyl sites for hydroxylation is 1. The van der Waals surface area contributed by atoms with E-state index in [1.807, 2.05) is 67.6 Å². The molecule has 0 aliphatic rings. The van der Waals surface area contributed by atoms with Crippen LogP contribution in [0.2, 0.25) is 0 Å². The standard InChI is InChI=1S/C23H20N8O/c1-14-10-15(12-24-30-22-26-17-6-2-3-7-18(17)27-22)21(32)16(11-14)13-25-31-23-28-19-8-4-5-9-20(19)29-23/h2-13,32H,1H3,(H2,26,27,30)(H2,28,29,31)/b24-12+,25-13+. The van der Waals surface area contributed by atoms with Crippen molar-refractivity contribution >= 4 is 46.4 Å². The van der Waals surface area contributed by atoms with E-state index in [1.165, 1.54) is 0 Å². The third-order valence-electron chi connectivity index (χ3n) is 4.84. The normalized spacial score (nSPS) is 11.8. The van der Waals surface area contributed by atoms with Gasteiger partial charge in [0.05, 0.1) is 34.5 Å². The van der Waals surface area contributed by atoms with Crippen molar-refractivity contribution in [1.29, 1.82) is 0 Å². The maximum Gasteiger partial charge on any atom is 0.222 e. The lowest BCUT2D eigenvalue weighted by molar-refractivity contribution is 0.473. The van der Waals surface area contributed by atoms with E-state index in [0.29, 0.717) is 23.0 Å². The van der Waals surface area contributed by atoms with Gasteiger partial charge in [-0.15, -0.1) is 0 Å². The molecule has 0 radical (unpaired) electrons. The van der Waals surface area contributed by atoms with E-state index in [1.54, 1.807) is 12.4 Å². The number of imidazole rings is 2. The van der Waals surface area contributed by atoms with E-state index < -0.39 is 0 Å². The lowest BCUT2D eigenvalue weighted by Crippen LogP contribution is -1.97. The number of rotatable bonds is 6. The van der Waals surface area contributed by atoms with Gasteiger partial charge in [0.25, 0.3) is 0 Å². The molecule has 0 atom stereocenters. The average molecular weight is 424 g/mol. The number of aromatic hydroxyl groups is 1. The van der Waals surface area contributed by atoms with Crippen LogP contribution in [0.1, 0.15) is 16.7 Å². The van der Waals surface area contributed by atoms with E-state index in [4.69, 9.17) is 0 Å². The number of fused-ring (bicyclic) bond motifs is 2. The number of aromatic amines is 2. The number of hydrazone groups is 2. The molecule has 0 bridgehead atoms. The minimum Gasteiger partial charge on any atom is -0.507 e. The highest BCUT2D eigenvalue weighted by atomic mass is 16.3.